The van der Waals surface area contributed by atoms with Gasteiger partial charge in [-0.05, 0) is 70.0 Å². The molecule has 0 aliphatic rings. The van der Waals surface area contributed by atoms with Crippen LogP contribution in [0, 0.1) is 0 Å². The van der Waals surface area contributed by atoms with Gasteiger partial charge in [-0.15, -0.1) is 0 Å². The number of hydrogen-bond acceptors (Lipinski definition) is 4. The first kappa shape index (κ1) is 24.9. The number of benzene rings is 1. The van der Waals surface area contributed by atoms with Gasteiger partial charge < -0.3 is 9.16 Å². The van der Waals surface area contributed by atoms with Crippen molar-refractivity contribution in [1.29, 1.82) is 0 Å². The zero-order chi connectivity index (χ0) is 22.2. The fourth-order valence-electron chi connectivity index (χ4n) is 2.31. The van der Waals surface area contributed by atoms with Crippen molar-refractivity contribution >= 4 is 20.3 Å². The molecular weight excluding hydrogens is 380 g/mol. The Kier molecular flexibility index (Phi) is 9.08. The van der Waals surface area contributed by atoms with Crippen LogP contribution in [-0.4, -0.2) is 26.9 Å². The summed E-state index contributed by atoms with van der Waals surface area (Å²) in [5.74, 6) is -0.973. The van der Waals surface area contributed by atoms with E-state index in [0.29, 0.717) is 0 Å². The van der Waals surface area contributed by atoms with Crippen LogP contribution in [0.2, 0.25) is 18.1 Å². The van der Waals surface area contributed by atoms with Gasteiger partial charge in [0, 0.05) is 0 Å². The van der Waals surface area contributed by atoms with Crippen molar-refractivity contribution in [3.8, 4) is 0 Å². The second kappa shape index (κ2) is 10.6. The molecule has 0 heterocycles. The molecule has 0 spiro atoms. The monoisotopic (exact) mass is 416 g/mol. The molecule has 4 nitrogen and oxygen atoms in total. The Labute approximate surface area is 177 Å². The molecule has 29 heavy (non-hydrogen) atoms. The summed E-state index contributed by atoms with van der Waals surface area (Å²) in [5.41, 5.74) is 2.96. The van der Waals surface area contributed by atoms with Crippen molar-refractivity contribution in [3.63, 3.8) is 0 Å². The van der Waals surface area contributed by atoms with Crippen molar-refractivity contribution in [2.75, 3.05) is 6.61 Å². The highest BCUT2D eigenvalue weighted by molar-refractivity contribution is 6.75. The molecule has 0 N–H and O–H groups in total. The second-order valence-electron chi connectivity index (χ2n) is 9.16. The fraction of sp³-hybridized carbons (Fsp3) is 0.500. The zero-order valence-corrected chi connectivity index (χ0v) is 20.2. The van der Waals surface area contributed by atoms with Gasteiger partial charge in [-0.25, -0.2) is 9.59 Å². The Morgan fingerprint density at radius 3 is 2.03 bits per heavy atom. The highest BCUT2D eigenvalue weighted by Gasteiger charge is 2.41. The van der Waals surface area contributed by atoms with E-state index < -0.39 is 20.3 Å². The first-order valence-electron chi connectivity index (χ1n) is 10.1. The molecule has 0 aromatic heterocycles. The average molecular weight is 417 g/mol. The molecule has 0 atom stereocenters. The molecule has 0 saturated carbocycles. The van der Waals surface area contributed by atoms with Crippen molar-refractivity contribution in [2.24, 2.45) is 0 Å². The van der Waals surface area contributed by atoms with Crippen LogP contribution in [0.5, 0.6) is 0 Å². The van der Waals surface area contributed by atoms with Gasteiger partial charge in [-0.1, -0.05) is 50.1 Å². The molecule has 1 aromatic rings. The molecule has 0 bridgehead atoms. The predicted molar refractivity (Wildman–Crippen MR) is 122 cm³/mol. The Hall–Kier alpha value is -2.14. The minimum atomic E-state index is -2.29. The molecule has 0 unspecified atom stereocenters. The summed E-state index contributed by atoms with van der Waals surface area (Å²) >= 11 is 0. The van der Waals surface area contributed by atoms with Gasteiger partial charge in [0.15, 0.2) is 0 Å². The van der Waals surface area contributed by atoms with Crippen molar-refractivity contribution < 1.29 is 18.8 Å². The molecule has 5 heteroatoms. The highest BCUT2D eigenvalue weighted by Crippen LogP contribution is 2.37. The van der Waals surface area contributed by atoms with Crippen LogP contribution in [-0.2, 0) is 9.16 Å². The van der Waals surface area contributed by atoms with E-state index in [-0.39, 0.29) is 22.8 Å². The molecule has 160 valence electrons. The summed E-state index contributed by atoms with van der Waals surface area (Å²) in [7, 11) is -2.29. The minimum Gasteiger partial charge on any atom is -0.516 e. The number of ether oxygens (including phenoxy) is 1. The van der Waals surface area contributed by atoms with E-state index in [1.807, 2.05) is 26.1 Å². The van der Waals surface area contributed by atoms with E-state index in [0.717, 1.165) is 12.8 Å². The number of hydrogen-bond donors (Lipinski definition) is 0. The van der Waals surface area contributed by atoms with Crippen LogP contribution in [0.3, 0.4) is 0 Å². The fourth-order valence-corrected chi connectivity index (χ4v) is 3.19. The summed E-state index contributed by atoms with van der Waals surface area (Å²) in [6.45, 7) is 16.6. The van der Waals surface area contributed by atoms with Crippen LogP contribution in [0.15, 0.2) is 47.6 Å². The van der Waals surface area contributed by atoms with E-state index in [4.69, 9.17) is 9.16 Å². The number of rotatable bonds is 8. The summed E-state index contributed by atoms with van der Waals surface area (Å²) < 4.78 is 11.2. The second-order valence-corrected chi connectivity index (χ2v) is 13.9. The van der Waals surface area contributed by atoms with E-state index in [2.05, 4.69) is 40.7 Å². The molecule has 0 radical (unpaired) electrons. The van der Waals surface area contributed by atoms with Crippen LogP contribution in [0.25, 0.3) is 0 Å². The third-order valence-electron chi connectivity index (χ3n) is 5.26. The third kappa shape index (κ3) is 8.01. The molecule has 1 aromatic carbocycles. The standard InChI is InChI=1S/C24H36O4Si/c1-18(2)12-11-13-19(3)16-17-27-22(25)20-14-9-10-15-21(20)23(26)28-29(7,8)24(4,5)6/h9-10,12,14-16H,11,13,17H2,1-8H3/b19-16+. The van der Waals surface area contributed by atoms with Gasteiger partial charge >= 0.3 is 11.9 Å². The average Bonchev–Trinajstić information content (AvgIpc) is 2.60. The molecule has 0 fully saturated rings. The van der Waals surface area contributed by atoms with Crippen LogP contribution >= 0.6 is 0 Å². The summed E-state index contributed by atoms with van der Waals surface area (Å²) in [4.78, 5) is 25.3. The van der Waals surface area contributed by atoms with Gasteiger partial charge in [-0.2, -0.15) is 0 Å². The predicted octanol–water partition coefficient (Wildman–Crippen LogP) is 6.70. The summed E-state index contributed by atoms with van der Waals surface area (Å²) in [5, 5.41) is -0.105. The SMILES string of the molecule is CC(C)=CCC/C(C)=C/COC(=O)c1ccccc1C(=O)O[Si](C)(C)C(C)(C)C. The quantitative estimate of drug-likeness (QED) is 0.269. The van der Waals surface area contributed by atoms with E-state index in [1.165, 1.54) is 11.1 Å². The number of allylic oxidation sites excluding steroid dienone is 3. The van der Waals surface area contributed by atoms with Crippen LogP contribution in [0.4, 0.5) is 0 Å². The van der Waals surface area contributed by atoms with E-state index in [1.54, 1.807) is 24.3 Å². The van der Waals surface area contributed by atoms with Gasteiger partial charge in [-0.3, -0.25) is 0 Å². The van der Waals surface area contributed by atoms with Gasteiger partial charge in [0.05, 0.1) is 11.1 Å². The Bertz CT molecular complexity index is 778. The van der Waals surface area contributed by atoms with Gasteiger partial charge in [0.1, 0.15) is 6.61 Å². The lowest BCUT2D eigenvalue weighted by Gasteiger charge is -2.35. The summed E-state index contributed by atoms with van der Waals surface area (Å²) in [6.07, 6.45) is 6.00. The summed E-state index contributed by atoms with van der Waals surface area (Å²) in [6, 6.07) is 6.68. The normalized spacial score (nSPS) is 12.3. The lowest BCUT2D eigenvalue weighted by atomic mass is 10.1. The molecule has 0 aliphatic carbocycles. The first-order chi connectivity index (χ1) is 13.3. The first-order valence-corrected chi connectivity index (χ1v) is 13.0. The van der Waals surface area contributed by atoms with Crippen molar-refractivity contribution in [2.45, 2.75) is 72.5 Å². The third-order valence-corrected chi connectivity index (χ3v) is 9.57. The maximum Gasteiger partial charge on any atom is 0.339 e. The van der Waals surface area contributed by atoms with Crippen molar-refractivity contribution in [1.82, 2.24) is 0 Å². The van der Waals surface area contributed by atoms with E-state index in [9.17, 15) is 9.59 Å². The number of esters is 1. The lowest BCUT2D eigenvalue weighted by molar-refractivity contribution is 0.0537. The Morgan fingerprint density at radius 2 is 1.52 bits per heavy atom. The van der Waals surface area contributed by atoms with E-state index >= 15 is 0 Å². The topological polar surface area (TPSA) is 52.6 Å². The lowest BCUT2D eigenvalue weighted by Crippen LogP contribution is -2.42. The van der Waals surface area contributed by atoms with Gasteiger partial charge in [0.25, 0.3) is 8.32 Å². The number of carbonyl (C=O) groups excluding carboxylic acids is 2. The number of carbonyl (C=O) groups is 2. The minimum absolute atomic E-state index is 0.105. The molecule has 0 amide bonds. The molecule has 0 saturated heterocycles. The highest BCUT2D eigenvalue weighted by atomic mass is 28.4. The maximum atomic E-state index is 12.8. The van der Waals surface area contributed by atoms with Crippen LogP contribution < -0.4 is 0 Å². The largest absolute Gasteiger partial charge is 0.516 e. The maximum absolute atomic E-state index is 12.8. The van der Waals surface area contributed by atoms with Gasteiger partial charge in [0.2, 0.25) is 0 Å². The molecule has 0 aliphatic heterocycles. The van der Waals surface area contributed by atoms with Crippen molar-refractivity contribution in [3.05, 3.63) is 58.7 Å². The Morgan fingerprint density at radius 1 is 0.966 bits per heavy atom. The smallest absolute Gasteiger partial charge is 0.339 e. The Balaban J connectivity index is 2.81. The molecule has 1 rings (SSSR count). The molecular formula is C24H36O4Si. The van der Waals surface area contributed by atoms with Crippen LogP contribution in [0.1, 0.15) is 75.1 Å². The zero-order valence-electron chi connectivity index (χ0n) is 19.2.